The van der Waals surface area contributed by atoms with Crippen LogP contribution >= 0.6 is 0 Å². The molecule has 0 aromatic heterocycles. The lowest BCUT2D eigenvalue weighted by Gasteiger charge is -2.38. The number of amides is 3. The quantitative estimate of drug-likeness (QED) is 0.646. The molecule has 2 N–H and O–H groups in total. The van der Waals surface area contributed by atoms with Crippen LogP contribution in [0.3, 0.4) is 0 Å². The molecule has 1 saturated heterocycles. The van der Waals surface area contributed by atoms with E-state index in [0.29, 0.717) is 23.5 Å². The van der Waals surface area contributed by atoms with Crippen molar-refractivity contribution in [2.75, 3.05) is 36.4 Å². The Labute approximate surface area is 212 Å². The number of benzene rings is 2. The topological polar surface area (TPSA) is 91.0 Å². The Kier molecular flexibility index (Phi) is 7.39. The van der Waals surface area contributed by atoms with Crippen LogP contribution in [0, 0.1) is 0 Å². The number of anilines is 2. The Hall–Kier alpha value is -3.55. The number of hydrogen-bond acceptors (Lipinski definition) is 5. The molecule has 3 amide bonds. The lowest BCUT2D eigenvalue weighted by molar-refractivity contribution is -0.139. The molecular weight excluding hydrogens is 456 g/mol. The highest BCUT2D eigenvalue weighted by atomic mass is 16.5. The monoisotopic (exact) mass is 490 g/mol. The number of nitrogens with one attached hydrogen (secondary N) is 2. The van der Waals surface area contributed by atoms with Crippen molar-refractivity contribution in [2.24, 2.45) is 0 Å². The first-order valence-electron chi connectivity index (χ1n) is 13.1. The van der Waals surface area contributed by atoms with Gasteiger partial charge in [-0.05, 0) is 56.4 Å². The maximum Gasteiger partial charge on any atom is 0.265 e. The first kappa shape index (κ1) is 24.2. The van der Waals surface area contributed by atoms with Crippen molar-refractivity contribution in [2.45, 2.75) is 57.1 Å². The summed E-state index contributed by atoms with van der Waals surface area (Å²) >= 11 is 0. The fraction of sp³-hybridized carbons (Fsp3) is 0.464. The van der Waals surface area contributed by atoms with Crippen LogP contribution in [0.2, 0.25) is 0 Å². The Balaban J connectivity index is 1.28. The van der Waals surface area contributed by atoms with E-state index in [1.165, 1.54) is 0 Å². The normalized spacial score (nSPS) is 19.8. The van der Waals surface area contributed by atoms with Gasteiger partial charge in [-0.3, -0.25) is 14.4 Å². The minimum Gasteiger partial charge on any atom is -0.477 e. The number of carbonyl (C=O) groups excluding carboxylic acids is 3. The maximum atomic E-state index is 13.2. The van der Waals surface area contributed by atoms with Gasteiger partial charge in [-0.1, -0.05) is 37.1 Å². The number of ether oxygens (including phenoxy) is 1. The third kappa shape index (κ3) is 5.48. The summed E-state index contributed by atoms with van der Waals surface area (Å²) in [6.07, 6.45) is 6.75. The van der Waals surface area contributed by atoms with E-state index in [2.05, 4.69) is 10.6 Å². The van der Waals surface area contributed by atoms with E-state index in [-0.39, 0.29) is 30.3 Å². The fourth-order valence-electron chi connectivity index (χ4n) is 5.39. The zero-order chi connectivity index (χ0) is 24.9. The van der Waals surface area contributed by atoms with Gasteiger partial charge in [0, 0.05) is 19.1 Å². The predicted octanol–water partition coefficient (Wildman–Crippen LogP) is 3.58. The molecule has 190 valence electrons. The van der Waals surface area contributed by atoms with Crippen molar-refractivity contribution in [3.63, 3.8) is 0 Å². The van der Waals surface area contributed by atoms with Crippen LogP contribution in [-0.2, 0) is 9.59 Å². The van der Waals surface area contributed by atoms with Crippen molar-refractivity contribution in [1.82, 2.24) is 10.2 Å². The molecule has 8 heteroatoms. The maximum absolute atomic E-state index is 13.2. The molecule has 36 heavy (non-hydrogen) atoms. The smallest absolute Gasteiger partial charge is 0.265 e. The van der Waals surface area contributed by atoms with Crippen LogP contribution < -0.4 is 20.3 Å². The molecular formula is C28H34N4O4. The second-order valence-electron chi connectivity index (χ2n) is 9.89. The van der Waals surface area contributed by atoms with Crippen molar-refractivity contribution >= 4 is 29.1 Å². The van der Waals surface area contributed by atoms with Crippen molar-refractivity contribution in [3.05, 3.63) is 54.1 Å². The van der Waals surface area contributed by atoms with Gasteiger partial charge in [0.1, 0.15) is 5.75 Å². The van der Waals surface area contributed by atoms with Gasteiger partial charge in [0.2, 0.25) is 5.91 Å². The largest absolute Gasteiger partial charge is 0.477 e. The van der Waals surface area contributed by atoms with Crippen molar-refractivity contribution in [3.8, 4) is 5.75 Å². The summed E-state index contributed by atoms with van der Waals surface area (Å²) in [4.78, 5) is 43.0. The molecule has 0 radical (unpaired) electrons. The van der Waals surface area contributed by atoms with Gasteiger partial charge in [-0.25, -0.2) is 0 Å². The molecule has 1 saturated carbocycles. The minimum absolute atomic E-state index is 0.0245. The summed E-state index contributed by atoms with van der Waals surface area (Å²) in [7, 11) is 0. The number of carbonyl (C=O) groups is 3. The van der Waals surface area contributed by atoms with Gasteiger partial charge < -0.3 is 25.2 Å². The average Bonchev–Trinajstić information content (AvgIpc) is 3.42. The van der Waals surface area contributed by atoms with Gasteiger partial charge >= 0.3 is 0 Å². The van der Waals surface area contributed by atoms with Crippen LogP contribution in [0.1, 0.15) is 55.3 Å². The Morgan fingerprint density at radius 1 is 0.889 bits per heavy atom. The van der Waals surface area contributed by atoms with E-state index < -0.39 is 6.10 Å². The summed E-state index contributed by atoms with van der Waals surface area (Å²) in [6.45, 7) is 1.84. The summed E-state index contributed by atoms with van der Waals surface area (Å²) in [6, 6.07) is 14.8. The lowest BCUT2D eigenvalue weighted by atomic mass is 10.1. The number of piperidine rings is 1. The molecule has 0 spiro atoms. The van der Waals surface area contributed by atoms with Crippen LogP contribution in [0.25, 0.3) is 0 Å². The number of likely N-dealkylation sites (tertiary alicyclic amines) is 1. The standard InChI is InChI=1S/C28H34N4O4/c33-26(30-22-13-5-4-12-21(22)27(34)29-20-10-2-3-11-20)19-32-18-25(28(35)31-16-8-1-9-17-31)36-24-15-7-6-14-23(24)32/h4-7,12-15,20,25H,1-3,8-11,16-19H2,(H,29,34)(H,30,33). The van der Waals surface area contributed by atoms with Gasteiger partial charge in [0.25, 0.3) is 11.8 Å². The zero-order valence-corrected chi connectivity index (χ0v) is 20.6. The Bertz CT molecular complexity index is 1110. The summed E-state index contributed by atoms with van der Waals surface area (Å²) < 4.78 is 6.07. The number of rotatable bonds is 6. The van der Waals surface area contributed by atoms with E-state index in [4.69, 9.17) is 4.74 Å². The molecule has 5 rings (SSSR count). The average molecular weight is 491 g/mol. The third-order valence-corrected chi connectivity index (χ3v) is 7.28. The summed E-state index contributed by atoms with van der Waals surface area (Å²) in [5.41, 5.74) is 1.72. The molecule has 2 fully saturated rings. The predicted molar refractivity (Wildman–Crippen MR) is 138 cm³/mol. The van der Waals surface area contributed by atoms with Crippen LogP contribution in [0.15, 0.2) is 48.5 Å². The van der Waals surface area contributed by atoms with Gasteiger partial charge in [-0.15, -0.1) is 0 Å². The summed E-state index contributed by atoms with van der Waals surface area (Å²) in [5, 5.41) is 6.02. The minimum atomic E-state index is -0.657. The summed E-state index contributed by atoms with van der Waals surface area (Å²) in [5.74, 6) is 0.158. The second kappa shape index (κ2) is 11.0. The molecule has 2 aromatic carbocycles. The first-order valence-corrected chi connectivity index (χ1v) is 13.1. The molecule has 8 nitrogen and oxygen atoms in total. The van der Waals surface area contributed by atoms with E-state index >= 15 is 0 Å². The molecule has 0 bridgehead atoms. The zero-order valence-electron chi connectivity index (χ0n) is 20.6. The number of hydrogen-bond donors (Lipinski definition) is 2. The molecule has 3 aliphatic rings. The van der Waals surface area contributed by atoms with Gasteiger partial charge in [0.15, 0.2) is 6.10 Å². The van der Waals surface area contributed by atoms with Crippen LogP contribution in [0.5, 0.6) is 5.75 Å². The fourth-order valence-corrected chi connectivity index (χ4v) is 5.39. The molecule has 1 aliphatic carbocycles. The van der Waals surface area contributed by atoms with Gasteiger partial charge in [0.05, 0.1) is 30.0 Å². The van der Waals surface area contributed by atoms with Crippen LogP contribution in [0.4, 0.5) is 11.4 Å². The van der Waals surface area contributed by atoms with Crippen molar-refractivity contribution in [1.29, 1.82) is 0 Å². The highest BCUT2D eigenvalue weighted by Gasteiger charge is 2.34. The molecule has 2 heterocycles. The van der Waals surface area contributed by atoms with Crippen LogP contribution in [-0.4, -0.2) is 60.9 Å². The SMILES string of the molecule is O=C(CN1CC(C(=O)N2CCCCC2)Oc2ccccc21)Nc1ccccc1C(=O)NC1CCCC1. The number of nitrogens with zero attached hydrogens (tertiary/aromatic N) is 2. The number of fused-ring (bicyclic) bond motifs is 1. The number of para-hydroxylation sites is 3. The second-order valence-corrected chi connectivity index (χ2v) is 9.89. The van der Waals surface area contributed by atoms with E-state index in [0.717, 1.165) is 63.7 Å². The Morgan fingerprint density at radius 2 is 1.61 bits per heavy atom. The third-order valence-electron chi connectivity index (χ3n) is 7.28. The molecule has 2 aromatic rings. The van der Waals surface area contributed by atoms with Gasteiger partial charge in [-0.2, -0.15) is 0 Å². The van der Waals surface area contributed by atoms with E-state index in [9.17, 15) is 14.4 Å². The first-order chi connectivity index (χ1) is 17.6. The van der Waals surface area contributed by atoms with E-state index in [1.54, 1.807) is 24.3 Å². The highest BCUT2D eigenvalue weighted by Crippen LogP contribution is 2.33. The molecule has 1 unspecified atom stereocenters. The molecule has 1 atom stereocenters. The molecule has 2 aliphatic heterocycles. The Morgan fingerprint density at radius 3 is 2.42 bits per heavy atom. The highest BCUT2D eigenvalue weighted by molar-refractivity contribution is 6.04. The van der Waals surface area contributed by atoms with E-state index in [1.807, 2.05) is 34.1 Å². The lowest BCUT2D eigenvalue weighted by Crippen LogP contribution is -2.52. The van der Waals surface area contributed by atoms with Crippen molar-refractivity contribution < 1.29 is 19.1 Å².